The average Bonchev–Trinajstić information content (AvgIpc) is 3.15. The first-order valence-electron chi connectivity index (χ1n) is 8.47. The maximum atomic E-state index is 12.3. The molecule has 3 aromatic rings. The highest BCUT2D eigenvalue weighted by atomic mass is 79.9. The Balaban J connectivity index is 1.59. The lowest BCUT2D eigenvalue weighted by Crippen LogP contribution is -2.21. The fourth-order valence-electron chi connectivity index (χ4n) is 2.48. The number of nitrogens with one attached hydrogen (secondary N) is 1. The summed E-state index contributed by atoms with van der Waals surface area (Å²) in [5.41, 5.74) is 2.20. The number of anilines is 1. The van der Waals surface area contributed by atoms with E-state index in [4.69, 9.17) is 0 Å². The Morgan fingerprint density at radius 3 is 2.43 bits per heavy atom. The molecule has 6 nitrogen and oxygen atoms in total. The van der Waals surface area contributed by atoms with Crippen LogP contribution in [0.2, 0.25) is 0 Å². The van der Waals surface area contributed by atoms with Gasteiger partial charge in [0.1, 0.15) is 0 Å². The van der Waals surface area contributed by atoms with Gasteiger partial charge < -0.3 is 10.2 Å². The van der Waals surface area contributed by atoms with E-state index in [0.29, 0.717) is 11.3 Å². The lowest BCUT2D eigenvalue weighted by molar-refractivity contribution is -0.113. The minimum absolute atomic E-state index is 0.0757. The molecule has 2 aromatic carbocycles. The Labute approximate surface area is 176 Å². The number of hydrogen-bond donors (Lipinski definition) is 1. The monoisotopic (exact) mass is 458 g/mol. The second-order valence-electron chi connectivity index (χ2n) is 6.17. The van der Waals surface area contributed by atoms with Gasteiger partial charge in [-0.25, -0.2) is 4.98 Å². The molecule has 0 saturated carbocycles. The molecule has 3 rings (SSSR count). The van der Waals surface area contributed by atoms with Gasteiger partial charge in [-0.2, -0.15) is 0 Å². The van der Waals surface area contributed by atoms with Crippen LogP contribution in [0.3, 0.4) is 0 Å². The smallest absolute Gasteiger partial charge is 0.253 e. The number of nitrogens with zero attached hydrogens (tertiary/aromatic N) is 3. The fourth-order valence-corrected chi connectivity index (χ4v) is 3.51. The molecule has 28 heavy (non-hydrogen) atoms. The number of amides is 2. The zero-order valence-corrected chi connectivity index (χ0v) is 17.8. The highest BCUT2D eigenvalue weighted by Crippen LogP contribution is 2.22. The standard InChI is InChI=1S/C20H19BrN4O2S/c1-24(2)19(27)14-3-7-16(8-4-14)23-18(26)13-28-20-22-11-12-25(20)17-9-5-15(21)6-10-17/h3-12H,13H2,1-2H3,(H,23,26). The zero-order chi connectivity index (χ0) is 20.1. The Bertz CT molecular complexity index is 969. The number of carbonyl (C=O) groups excluding carboxylic acids is 2. The number of rotatable bonds is 6. The van der Waals surface area contributed by atoms with Crippen molar-refractivity contribution in [3.63, 3.8) is 0 Å². The van der Waals surface area contributed by atoms with E-state index in [2.05, 4.69) is 26.2 Å². The topological polar surface area (TPSA) is 67.2 Å². The van der Waals surface area contributed by atoms with Crippen molar-refractivity contribution in [3.8, 4) is 5.69 Å². The molecule has 1 N–H and O–H groups in total. The first-order chi connectivity index (χ1) is 13.4. The number of aromatic nitrogens is 2. The minimum atomic E-state index is -0.137. The van der Waals surface area contributed by atoms with Crippen molar-refractivity contribution in [2.24, 2.45) is 0 Å². The third-order valence-electron chi connectivity index (χ3n) is 3.87. The van der Waals surface area contributed by atoms with Crippen LogP contribution in [0, 0.1) is 0 Å². The number of benzene rings is 2. The Morgan fingerprint density at radius 1 is 1.11 bits per heavy atom. The predicted octanol–water partition coefficient (Wildman–Crippen LogP) is 4.07. The summed E-state index contributed by atoms with van der Waals surface area (Å²) in [7, 11) is 3.40. The molecule has 0 bridgehead atoms. The van der Waals surface area contributed by atoms with E-state index in [1.54, 1.807) is 44.6 Å². The Kier molecular flexibility index (Phi) is 6.53. The Hall–Kier alpha value is -2.58. The van der Waals surface area contributed by atoms with E-state index >= 15 is 0 Å². The normalized spacial score (nSPS) is 10.5. The third kappa shape index (κ3) is 5.02. The number of imidazole rings is 1. The summed E-state index contributed by atoms with van der Waals surface area (Å²) in [5, 5.41) is 3.58. The number of thioether (sulfide) groups is 1. The van der Waals surface area contributed by atoms with Crippen molar-refractivity contribution in [3.05, 3.63) is 71.0 Å². The van der Waals surface area contributed by atoms with Gasteiger partial charge in [-0.1, -0.05) is 27.7 Å². The lowest BCUT2D eigenvalue weighted by atomic mass is 10.2. The summed E-state index contributed by atoms with van der Waals surface area (Å²) in [5.74, 6) is 0.0154. The van der Waals surface area contributed by atoms with Crippen molar-refractivity contribution in [1.29, 1.82) is 0 Å². The molecule has 2 amide bonds. The molecule has 8 heteroatoms. The van der Waals surface area contributed by atoms with E-state index < -0.39 is 0 Å². The van der Waals surface area contributed by atoms with Gasteiger partial charge in [0, 0.05) is 47.9 Å². The molecule has 0 aliphatic heterocycles. The van der Waals surface area contributed by atoms with Crippen LogP contribution in [0.5, 0.6) is 0 Å². The molecule has 144 valence electrons. The van der Waals surface area contributed by atoms with E-state index in [1.807, 2.05) is 35.0 Å². The first-order valence-corrected chi connectivity index (χ1v) is 10.3. The van der Waals surface area contributed by atoms with Crippen LogP contribution < -0.4 is 5.32 Å². The number of hydrogen-bond acceptors (Lipinski definition) is 4. The van der Waals surface area contributed by atoms with Gasteiger partial charge in [0.25, 0.3) is 5.91 Å². The Morgan fingerprint density at radius 2 is 1.79 bits per heavy atom. The summed E-state index contributed by atoms with van der Waals surface area (Å²) < 4.78 is 2.94. The number of halogens is 1. The van der Waals surface area contributed by atoms with Crippen molar-refractivity contribution in [1.82, 2.24) is 14.5 Å². The largest absolute Gasteiger partial charge is 0.345 e. The van der Waals surface area contributed by atoms with Gasteiger partial charge in [-0.05, 0) is 48.5 Å². The molecular formula is C20H19BrN4O2S. The second kappa shape index (κ2) is 9.07. The van der Waals surface area contributed by atoms with E-state index in [0.717, 1.165) is 15.3 Å². The van der Waals surface area contributed by atoms with Gasteiger partial charge >= 0.3 is 0 Å². The van der Waals surface area contributed by atoms with Crippen LogP contribution in [0.25, 0.3) is 5.69 Å². The molecule has 0 aliphatic rings. The summed E-state index contributed by atoms with van der Waals surface area (Å²) in [6.45, 7) is 0. The van der Waals surface area contributed by atoms with Gasteiger partial charge in [-0.3, -0.25) is 14.2 Å². The van der Waals surface area contributed by atoms with Gasteiger partial charge in [0.2, 0.25) is 5.91 Å². The van der Waals surface area contributed by atoms with Crippen LogP contribution >= 0.6 is 27.7 Å². The molecule has 1 aromatic heterocycles. The maximum absolute atomic E-state index is 12.3. The zero-order valence-electron chi connectivity index (χ0n) is 15.4. The van der Waals surface area contributed by atoms with Crippen LogP contribution in [0.4, 0.5) is 5.69 Å². The summed E-state index contributed by atoms with van der Waals surface area (Å²) in [6.07, 6.45) is 3.58. The average molecular weight is 459 g/mol. The SMILES string of the molecule is CN(C)C(=O)c1ccc(NC(=O)CSc2nccn2-c2ccc(Br)cc2)cc1. The molecule has 0 saturated heterocycles. The van der Waals surface area contributed by atoms with Gasteiger partial charge in [0.15, 0.2) is 5.16 Å². The van der Waals surface area contributed by atoms with Gasteiger partial charge in [0.05, 0.1) is 5.75 Å². The van der Waals surface area contributed by atoms with Crippen LogP contribution in [-0.2, 0) is 4.79 Å². The summed E-state index contributed by atoms with van der Waals surface area (Å²) in [6, 6.07) is 14.7. The van der Waals surface area contributed by atoms with Crippen molar-refractivity contribution in [2.45, 2.75) is 5.16 Å². The minimum Gasteiger partial charge on any atom is -0.345 e. The molecule has 0 atom stereocenters. The van der Waals surface area contributed by atoms with Crippen molar-refractivity contribution >= 4 is 45.2 Å². The van der Waals surface area contributed by atoms with E-state index in [-0.39, 0.29) is 17.6 Å². The molecule has 1 heterocycles. The molecular weight excluding hydrogens is 440 g/mol. The van der Waals surface area contributed by atoms with Crippen molar-refractivity contribution in [2.75, 3.05) is 25.2 Å². The molecule has 0 fully saturated rings. The first kappa shape index (κ1) is 20.2. The highest BCUT2D eigenvalue weighted by molar-refractivity contribution is 9.10. The fraction of sp³-hybridized carbons (Fsp3) is 0.150. The van der Waals surface area contributed by atoms with Crippen molar-refractivity contribution < 1.29 is 9.59 Å². The maximum Gasteiger partial charge on any atom is 0.253 e. The third-order valence-corrected chi connectivity index (χ3v) is 5.36. The molecule has 0 unspecified atom stereocenters. The molecule has 0 aliphatic carbocycles. The highest BCUT2D eigenvalue weighted by Gasteiger charge is 2.11. The molecule has 0 spiro atoms. The van der Waals surface area contributed by atoms with E-state index in [9.17, 15) is 9.59 Å². The van der Waals surface area contributed by atoms with Crippen LogP contribution in [-0.4, -0.2) is 46.1 Å². The van der Waals surface area contributed by atoms with Gasteiger partial charge in [-0.15, -0.1) is 0 Å². The number of carbonyl (C=O) groups is 2. The predicted molar refractivity (Wildman–Crippen MR) is 115 cm³/mol. The summed E-state index contributed by atoms with van der Waals surface area (Å²) >= 11 is 4.78. The summed E-state index contributed by atoms with van der Waals surface area (Å²) in [4.78, 5) is 30.0. The van der Waals surface area contributed by atoms with E-state index in [1.165, 1.54) is 16.7 Å². The lowest BCUT2D eigenvalue weighted by Gasteiger charge is -2.11. The van der Waals surface area contributed by atoms with Crippen LogP contribution in [0.1, 0.15) is 10.4 Å². The van der Waals surface area contributed by atoms with Crippen LogP contribution in [0.15, 0.2) is 70.6 Å². The second-order valence-corrected chi connectivity index (χ2v) is 8.03. The quantitative estimate of drug-likeness (QED) is 0.565. The molecule has 0 radical (unpaired) electrons.